The maximum Gasteiger partial charge on any atom is 0.410 e. The second kappa shape index (κ2) is 9.05. The maximum atomic E-state index is 15.0. The molecule has 0 unspecified atom stereocenters. The number of ether oxygens (including phenoxy) is 2. The number of nitrogens with zero attached hydrogens (tertiary/aromatic N) is 3. The number of likely N-dealkylation sites (tertiary alicyclic amines) is 1. The van der Waals surface area contributed by atoms with Gasteiger partial charge in [0.05, 0.1) is 12.5 Å². The van der Waals surface area contributed by atoms with Crippen LogP contribution in [0.15, 0.2) is 6.07 Å². The van der Waals surface area contributed by atoms with Crippen molar-refractivity contribution in [2.45, 2.75) is 77.0 Å². The number of anilines is 1. The summed E-state index contributed by atoms with van der Waals surface area (Å²) in [5, 5.41) is 2.74. The van der Waals surface area contributed by atoms with Crippen molar-refractivity contribution in [3.8, 4) is 5.88 Å². The van der Waals surface area contributed by atoms with Gasteiger partial charge in [-0.05, 0) is 52.5 Å². The summed E-state index contributed by atoms with van der Waals surface area (Å²) in [7, 11) is 1.38. The van der Waals surface area contributed by atoms with E-state index in [1.807, 2.05) is 0 Å². The molecule has 1 aromatic rings. The summed E-state index contributed by atoms with van der Waals surface area (Å²) in [4.78, 5) is 32.5. The van der Waals surface area contributed by atoms with Crippen LogP contribution >= 0.6 is 0 Å². The lowest BCUT2D eigenvalue weighted by Crippen LogP contribution is -2.47. The molecule has 2 aliphatic heterocycles. The number of aromatic nitrogens is 1. The van der Waals surface area contributed by atoms with Crippen molar-refractivity contribution in [2.75, 3.05) is 31.6 Å². The average molecular weight is 499 g/mol. The van der Waals surface area contributed by atoms with Crippen LogP contribution in [0.25, 0.3) is 0 Å². The molecule has 1 spiro atoms. The molecule has 4 rings (SSSR count). The van der Waals surface area contributed by atoms with Crippen molar-refractivity contribution >= 4 is 17.8 Å². The van der Waals surface area contributed by atoms with Gasteiger partial charge in [0, 0.05) is 38.2 Å². The van der Waals surface area contributed by atoms with E-state index >= 15 is 4.39 Å². The van der Waals surface area contributed by atoms with Gasteiger partial charge >= 0.3 is 6.09 Å². The van der Waals surface area contributed by atoms with Gasteiger partial charge in [-0.2, -0.15) is 4.98 Å². The number of carbonyl (C=O) groups is 2. The second-order valence-electron chi connectivity index (χ2n) is 10.7. The topological polar surface area (TPSA) is 84.0 Å². The van der Waals surface area contributed by atoms with Crippen LogP contribution in [0.1, 0.15) is 58.4 Å². The SMILES string of the molecule is COc1nc(N2CCC[C@@]3(C2)CC3(F)F)c(F)cc1CNC(=O)[C@@H]1CCCN1C(=O)OC(C)(C)C. The van der Waals surface area contributed by atoms with E-state index < -0.39 is 34.9 Å². The summed E-state index contributed by atoms with van der Waals surface area (Å²) in [6.45, 7) is 6.10. The number of pyridine rings is 1. The molecule has 0 radical (unpaired) electrons. The first-order chi connectivity index (χ1) is 16.4. The average Bonchev–Trinajstić information content (AvgIpc) is 3.11. The Morgan fingerprint density at radius 1 is 1.26 bits per heavy atom. The fourth-order valence-corrected chi connectivity index (χ4v) is 5.04. The van der Waals surface area contributed by atoms with E-state index in [4.69, 9.17) is 9.47 Å². The van der Waals surface area contributed by atoms with E-state index in [0.717, 1.165) is 0 Å². The van der Waals surface area contributed by atoms with Crippen molar-refractivity contribution in [3.05, 3.63) is 17.4 Å². The molecule has 3 fully saturated rings. The molecule has 194 valence electrons. The fraction of sp³-hybridized carbons (Fsp3) is 0.708. The summed E-state index contributed by atoms with van der Waals surface area (Å²) in [5.74, 6) is -3.67. The smallest absolute Gasteiger partial charge is 0.410 e. The molecule has 2 saturated heterocycles. The predicted molar refractivity (Wildman–Crippen MR) is 122 cm³/mol. The molecule has 1 aromatic heterocycles. The van der Waals surface area contributed by atoms with Crippen molar-refractivity contribution in [1.82, 2.24) is 15.2 Å². The number of methoxy groups -OCH3 is 1. The van der Waals surface area contributed by atoms with Crippen molar-refractivity contribution < 1.29 is 32.2 Å². The summed E-state index contributed by atoms with van der Waals surface area (Å²) in [5.41, 5.74) is -1.46. The molecule has 11 heteroatoms. The lowest BCUT2D eigenvalue weighted by atomic mass is 9.94. The third-order valence-electron chi connectivity index (χ3n) is 6.91. The highest BCUT2D eigenvalue weighted by molar-refractivity contribution is 5.86. The zero-order valence-corrected chi connectivity index (χ0v) is 20.6. The Labute approximate surface area is 203 Å². The molecular formula is C24H33F3N4O4. The summed E-state index contributed by atoms with van der Waals surface area (Å²) < 4.78 is 53.5. The number of piperidine rings is 1. The molecule has 1 N–H and O–H groups in total. The normalized spacial score (nSPS) is 25.5. The Balaban J connectivity index is 1.43. The monoisotopic (exact) mass is 498 g/mol. The zero-order valence-electron chi connectivity index (χ0n) is 20.6. The van der Waals surface area contributed by atoms with E-state index in [2.05, 4.69) is 10.3 Å². The van der Waals surface area contributed by atoms with Gasteiger partial charge in [0.25, 0.3) is 5.92 Å². The minimum absolute atomic E-state index is 0.0226. The number of hydrogen-bond acceptors (Lipinski definition) is 6. The highest BCUT2D eigenvalue weighted by Crippen LogP contribution is 2.64. The Morgan fingerprint density at radius 2 is 1.97 bits per heavy atom. The molecule has 3 heterocycles. The molecule has 35 heavy (non-hydrogen) atoms. The molecule has 2 atom stereocenters. The van der Waals surface area contributed by atoms with Gasteiger partial charge in [-0.15, -0.1) is 0 Å². The van der Waals surface area contributed by atoms with E-state index in [1.54, 1.807) is 25.7 Å². The standard InChI is InChI=1S/C24H33F3N4O4/c1-22(2,3)35-21(33)31-10-5-7-17(31)19(32)28-12-15-11-16(25)18(29-20(15)34-4)30-9-6-8-23(14-30)13-24(23,26)27/h11,17H,5-10,12-14H2,1-4H3,(H,28,32)/t17-,23-/m0/s1. The van der Waals surface area contributed by atoms with Crippen LogP contribution in [0.4, 0.5) is 23.8 Å². The Hall–Kier alpha value is -2.72. The van der Waals surface area contributed by atoms with Gasteiger partial charge < -0.3 is 19.7 Å². The van der Waals surface area contributed by atoms with Gasteiger partial charge in [0.1, 0.15) is 11.6 Å². The predicted octanol–water partition coefficient (Wildman–Crippen LogP) is 3.87. The maximum absolute atomic E-state index is 15.0. The number of halogens is 3. The Bertz CT molecular complexity index is 1000. The zero-order chi connectivity index (χ0) is 25.6. The quantitative estimate of drug-likeness (QED) is 0.664. The number of alkyl halides is 2. The summed E-state index contributed by atoms with van der Waals surface area (Å²) >= 11 is 0. The number of amides is 2. The third kappa shape index (κ3) is 5.13. The molecule has 2 amide bonds. The first-order valence-corrected chi connectivity index (χ1v) is 12.0. The number of rotatable bonds is 5. The first-order valence-electron chi connectivity index (χ1n) is 12.0. The highest BCUT2D eigenvalue weighted by Gasteiger charge is 2.71. The van der Waals surface area contributed by atoms with Crippen LogP contribution < -0.4 is 15.0 Å². The van der Waals surface area contributed by atoms with Crippen LogP contribution in [0, 0.1) is 11.2 Å². The lowest BCUT2D eigenvalue weighted by molar-refractivity contribution is -0.125. The van der Waals surface area contributed by atoms with Crippen LogP contribution in [-0.4, -0.2) is 66.2 Å². The number of nitrogens with one attached hydrogen (secondary N) is 1. The number of hydrogen-bond donors (Lipinski definition) is 1. The lowest BCUT2D eigenvalue weighted by Gasteiger charge is -2.34. The van der Waals surface area contributed by atoms with Crippen molar-refractivity contribution in [1.29, 1.82) is 0 Å². The number of carbonyl (C=O) groups excluding carboxylic acids is 2. The van der Waals surface area contributed by atoms with Crippen molar-refractivity contribution in [2.24, 2.45) is 5.41 Å². The minimum Gasteiger partial charge on any atom is -0.481 e. The molecular weight excluding hydrogens is 465 g/mol. The van der Waals surface area contributed by atoms with E-state index in [9.17, 15) is 18.4 Å². The molecule has 0 aromatic carbocycles. The largest absolute Gasteiger partial charge is 0.481 e. The van der Waals surface area contributed by atoms with Gasteiger partial charge in [0.2, 0.25) is 11.8 Å². The molecule has 0 bridgehead atoms. The van der Waals surface area contributed by atoms with E-state index in [0.29, 0.717) is 44.3 Å². The molecule has 1 aliphatic carbocycles. The van der Waals surface area contributed by atoms with Gasteiger partial charge in [-0.3, -0.25) is 9.69 Å². The van der Waals surface area contributed by atoms with Crippen LogP contribution in [-0.2, 0) is 16.1 Å². The first kappa shape index (κ1) is 25.4. The molecule has 8 nitrogen and oxygen atoms in total. The van der Waals surface area contributed by atoms with E-state index in [1.165, 1.54) is 18.1 Å². The minimum atomic E-state index is -2.72. The molecule has 3 aliphatic rings. The fourth-order valence-electron chi connectivity index (χ4n) is 5.04. The van der Waals surface area contributed by atoms with E-state index in [-0.39, 0.29) is 37.1 Å². The van der Waals surface area contributed by atoms with Gasteiger partial charge in [-0.25, -0.2) is 18.0 Å². The third-order valence-corrected chi connectivity index (χ3v) is 6.91. The highest BCUT2D eigenvalue weighted by atomic mass is 19.3. The van der Waals surface area contributed by atoms with Gasteiger partial charge in [-0.1, -0.05) is 0 Å². The van der Waals surface area contributed by atoms with Crippen LogP contribution in [0.2, 0.25) is 0 Å². The molecule has 1 saturated carbocycles. The second-order valence-corrected chi connectivity index (χ2v) is 10.7. The van der Waals surface area contributed by atoms with Crippen LogP contribution in [0.5, 0.6) is 5.88 Å². The van der Waals surface area contributed by atoms with Crippen molar-refractivity contribution in [3.63, 3.8) is 0 Å². The van der Waals surface area contributed by atoms with Gasteiger partial charge in [0.15, 0.2) is 11.6 Å². The Morgan fingerprint density at radius 3 is 2.60 bits per heavy atom. The summed E-state index contributed by atoms with van der Waals surface area (Å²) in [6, 6.07) is 0.534. The van der Waals surface area contributed by atoms with Crippen LogP contribution in [0.3, 0.4) is 0 Å². The summed E-state index contributed by atoms with van der Waals surface area (Å²) in [6.07, 6.45) is 1.38. The Kier molecular flexibility index (Phi) is 6.56.